The number of hydrogen-bond donors (Lipinski definition) is 1. The van der Waals surface area contributed by atoms with Crippen LogP contribution in [0.3, 0.4) is 0 Å². The van der Waals surface area contributed by atoms with Crippen LogP contribution in [0.25, 0.3) is 0 Å². The highest BCUT2D eigenvalue weighted by atomic mass is 32.2. The number of sulfonamides is 1. The highest BCUT2D eigenvalue weighted by Crippen LogP contribution is 2.34. The lowest BCUT2D eigenvalue weighted by Crippen LogP contribution is -2.35. The maximum atomic E-state index is 13.0. The van der Waals surface area contributed by atoms with E-state index in [1.165, 1.54) is 4.31 Å². The summed E-state index contributed by atoms with van der Waals surface area (Å²) in [4.78, 5) is 6.72. The van der Waals surface area contributed by atoms with Crippen molar-refractivity contribution in [2.75, 3.05) is 36.5 Å². The zero-order valence-corrected chi connectivity index (χ0v) is 18.2. The van der Waals surface area contributed by atoms with Gasteiger partial charge in [-0.15, -0.1) is 0 Å². The molecule has 0 bridgehead atoms. The number of hydrogen-bond acceptors (Lipinski definition) is 6. The van der Waals surface area contributed by atoms with Gasteiger partial charge < -0.3 is 15.0 Å². The van der Waals surface area contributed by atoms with E-state index in [1.807, 2.05) is 38.2 Å². The number of fused-ring (bicyclic) bond motifs is 1. The van der Waals surface area contributed by atoms with Gasteiger partial charge in [-0.25, -0.2) is 8.42 Å². The maximum Gasteiger partial charge on any atom is 0.243 e. The lowest BCUT2D eigenvalue weighted by molar-refractivity contribution is 0.134. The largest absolute Gasteiger partial charge is 0.380 e. The Hall–Kier alpha value is -2.16. The smallest absolute Gasteiger partial charge is 0.243 e. The summed E-state index contributed by atoms with van der Waals surface area (Å²) in [5, 5.41) is 3.41. The van der Waals surface area contributed by atoms with Crippen molar-refractivity contribution in [2.45, 2.75) is 44.8 Å². The maximum absolute atomic E-state index is 13.0. The molecule has 1 N–H and O–H groups in total. The van der Waals surface area contributed by atoms with Gasteiger partial charge in [0.2, 0.25) is 10.0 Å². The van der Waals surface area contributed by atoms with Gasteiger partial charge in [-0.1, -0.05) is 19.1 Å². The molecule has 0 spiro atoms. The molecule has 0 saturated heterocycles. The van der Waals surface area contributed by atoms with Gasteiger partial charge in [0.15, 0.2) is 0 Å². The molecule has 1 unspecified atom stereocenters. The summed E-state index contributed by atoms with van der Waals surface area (Å²) in [7, 11) is -3.53. The first-order chi connectivity index (χ1) is 14.0. The van der Waals surface area contributed by atoms with Crippen LogP contribution in [0, 0.1) is 0 Å². The Morgan fingerprint density at radius 1 is 1.17 bits per heavy atom. The summed E-state index contributed by atoms with van der Waals surface area (Å²) in [6.07, 6.45) is 4.52. The number of benzene rings is 1. The molecule has 1 aliphatic heterocycles. The van der Waals surface area contributed by atoms with E-state index in [-0.39, 0.29) is 6.17 Å². The first-order valence-corrected chi connectivity index (χ1v) is 11.6. The van der Waals surface area contributed by atoms with Gasteiger partial charge in [-0.3, -0.25) is 4.98 Å². The van der Waals surface area contributed by atoms with Gasteiger partial charge in [0.25, 0.3) is 0 Å². The van der Waals surface area contributed by atoms with Crippen molar-refractivity contribution in [3.8, 4) is 0 Å². The van der Waals surface area contributed by atoms with Crippen LogP contribution < -0.4 is 10.2 Å². The van der Waals surface area contributed by atoms with Gasteiger partial charge in [-0.2, -0.15) is 4.31 Å². The van der Waals surface area contributed by atoms with Crippen molar-refractivity contribution in [2.24, 2.45) is 0 Å². The fraction of sp³-hybridized carbons (Fsp3) is 0.476. The van der Waals surface area contributed by atoms with Crippen LogP contribution in [0.15, 0.2) is 47.6 Å². The number of ether oxygens (including phenoxy) is 1. The number of rotatable bonds is 10. The molecular weight excluding hydrogens is 388 g/mol. The van der Waals surface area contributed by atoms with Crippen molar-refractivity contribution in [1.82, 2.24) is 9.29 Å². The monoisotopic (exact) mass is 418 g/mol. The predicted molar refractivity (Wildman–Crippen MR) is 115 cm³/mol. The molecule has 0 saturated carbocycles. The van der Waals surface area contributed by atoms with Crippen LogP contribution in [0.2, 0.25) is 0 Å². The summed E-state index contributed by atoms with van der Waals surface area (Å²) in [6.45, 7) is 8.51. The Balaban J connectivity index is 1.73. The molecule has 29 heavy (non-hydrogen) atoms. The molecule has 8 heteroatoms. The van der Waals surface area contributed by atoms with Crippen LogP contribution in [-0.2, 0) is 21.3 Å². The van der Waals surface area contributed by atoms with E-state index < -0.39 is 10.0 Å². The summed E-state index contributed by atoms with van der Waals surface area (Å²) >= 11 is 0. The zero-order valence-electron chi connectivity index (χ0n) is 17.3. The molecule has 3 rings (SSSR count). The van der Waals surface area contributed by atoms with Gasteiger partial charge in [0.1, 0.15) is 0 Å². The molecule has 0 aliphatic carbocycles. The zero-order chi connectivity index (χ0) is 20.9. The van der Waals surface area contributed by atoms with Crippen LogP contribution in [0.5, 0.6) is 0 Å². The molecule has 2 aromatic rings. The standard InChI is InChI=1S/C21H30N4O3S/c1-4-12-24(13-14-28-5-2)29(26,27)19-8-6-18(7-9-19)16-25-17(3)23-20-15-22-11-10-21(20)25/h6-11,15,17,23H,4-5,12-14,16H2,1-3H3. The molecule has 2 heterocycles. The van der Waals surface area contributed by atoms with E-state index in [2.05, 4.69) is 22.1 Å². The van der Waals surface area contributed by atoms with Crippen molar-refractivity contribution in [3.05, 3.63) is 48.3 Å². The van der Waals surface area contributed by atoms with Crippen molar-refractivity contribution in [3.63, 3.8) is 0 Å². The second-order valence-corrected chi connectivity index (χ2v) is 9.02. The van der Waals surface area contributed by atoms with Crippen LogP contribution in [0.4, 0.5) is 11.4 Å². The highest BCUT2D eigenvalue weighted by Gasteiger charge is 2.26. The van der Waals surface area contributed by atoms with Crippen molar-refractivity contribution < 1.29 is 13.2 Å². The molecular formula is C21H30N4O3S. The Morgan fingerprint density at radius 2 is 1.93 bits per heavy atom. The topological polar surface area (TPSA) is 74.8 Å². The Morgan fingerprint density at radius 3 is 2.62 bits per heavy atom. The third-order valence-corrected chi connectivity index (χ3v) is 6.93. The molecule has 0 fully saturated rings. The van der Waals surface area contributed by atoms with Gasteiger partial charge in [0, 0.05) is 32.4 Å². The van der Waals surface area contributed by atoms with E-state index in [1.54, 1.807) is 18.3 Å². The van der Waals surface area contributed by atoms with Crippen LogP contribution >= 0.6 is 0 Å². The lowest BCUT2D eigenvalue weighted by Gasteiger charge is -2.24. The molecule has 0 radical (unpaired) electrons. The third-order valence-electron chi connectivity index (χ3n) is 5.02. The van der Waals surface area contributed by atoms with Gasteiger partial charge in [0.05, 0.1) is 35.2 Å². The number of nitrogens with zero attached hydrogens (tertiary/aromatic N) is 3. The number of anilines is 2. The van der Waals surface area contributed by atoms with E-state index >= 15 is 0 Å². The molecule has 1 atom stereocenters. The Labute approximate surface area is 173 Å². The van der Waals surface area contributed by atoms with Crippen molar-refractivity contribution in [1.29, 1.82) is 0 Å². The van der Waals surface area contributed by atoms with E-state index in [9.17, 15) is 8.42 Å². The van der Waals surface area contributed by atoms with Gasteiger partial charge >= 0.3 is 0 Å². The quantitative estimate of drug-likeness (QED) is 0.597. The third kappa shape index (κ3) is 4.88. The molecule has 1 aliphatic rings. The second-order valence-electron chi connectivity index (χ2n) is 7.09. The average Bonchev–Trinajstić information content (AvgIpc) is 3.03. The van der Waals surface area contributed by atoms with Crippen molar-refractivity contribution >= 4 is 21.4 Å². The van der Waals surface area contributed by atoms with Gasteiger partial charge in [-0.05, 0) is 44.0 Å². The molecule has 0 amide bonds. The van der Waals surface area contributed by atoms with E-state index in [0.29, 0.717) is 37.7 Å². The Kier molecular flexibility index (Phi) is 7.10. The number of pyridine rings is 1. The summed E-state index contributed by atoms with van der Waals surface area (Å²) in [6, 6.07) is 9.19. The number of aromatic nitrogens is 1. The number of nitrogens with one attached hydrogen (secondary N) is 1. The minimum Gasteiger partial charge on any atom is -0.380 e. The average molecular weight is 419 g/mol. The fourth-order valence-corrected chi connectivity index (χ4v) is 5.02. The first-order valence-electron chi connectivity index (χ1n) is 10.1. The van der Waals surface area contributed by atoms with Crippen LogP contribution in [0.1, 0.15) is 32.8 Å². The SMILES string of the molecule is CCCN(CCOCC)S(=O)(=O)c1ccc(CN2c3ccncc3NC2C)cc1. The van der Waals surface area contributed by atoms with E-state index in [4.69, 9.17) is 4.74 Å². The molecule has 1 aromatic carbocycles. The Bertz CT molecular complexity index is 902. The minimum absolute atomic E-state index is 0.149. The normalized spacial score (nSPS) is 16.1. The second kappa shape index (κ2) is 9.56. The minimum atomic E-state index is -3.53. The summed E-state index contributed by atoms with van der Waals surface area (Å²) in [5.74, 6) is 0. The van der Waals surface area contributed by atoms with E-state index in [0.717, 1.165) is 23.4 Å². The predicted octanol–water partition coefficient (Wildman–Crippen LogP) is 3.30. The van der Waals surface area contributed by atoms with Crippen LogP contribution in [-0.4, -0.2) is 50.2 Å². The summed E-state index contributed by atoms with van der Waals surface area (Å²) < 4.78 is 32.9. The molecule has 7 nitrogen and oxygen atoms in total. The molecule has 158 valence electrons. The first kappa shape index (κ1) is 21.5. The summed E-state index contributed by atoms with van der Waals surface area (Å²) in [5.41, 5.74) is 3.18. The highest BCUT2D eigenvalue weighted by molar-refractivity contribution is 7.89. The molecule has 1 aromatic heterocycles. The lowest BCUT2D eigenvalue weighted by atomic mass is 10.2. The fourth-order valence-electron chi connectivity index (χ4n) is 3.51.